The Balaban J connectivity index is 2.01. The topological polar surface area (TPSA) is 55.8 Å². The van der Waals surface area contributed by atoms with Crippen molar-refractivity contribution in [3.05, 3.63) is 24.3 Å². The van der Waals surface area contributed by atoms with Crippen LogP contribution in [-0.2, 0) is 14.3 Å². The zero-order valence-corrected chi connectivity index (χ0v) is 11.7. The lowest BCUT2D eigenvalue weighted by Crippen LogP contribution is -2.26. The maximum absolute atomic E-state index is 12.0. The van der Waals surface area contributed by atoms with Gasteiger partial charge in [-0.15, -0.1) is 0 Å². The lowest BCUT2D eigenvalue weighted by molar-refractivity contribution is -0.153. The van der Waals surface area contributed by atoms with Gasteiger partial charge in [0.15, 0.2) is 6.61 Å². The predicted octanol–water partition coefficient (Wildman–Crippen LogP) is 2.15. The third kappa shape index (κ3) is 3.90. The van der Waals surface area contributed by atoms with E-state index in [2.05, 4.69) is 9.47 Å². The molecule has 120 valence electrons. The van der Waals surface area contributed by atoms with Gasteiger partial charge in [0.1, 0.15) is 5.75 Å². The van der Waals surface area contributed by atoms with Crippen LogP contribution in [0.2, 0.25) is 0 Å². The molecule has 1 atom stereocenters. The van der Waals surface area contributed by atoms with E-state index in [0.717, 1.165) is 0 Å². The molecule has 1 aliphatic heterocycles. The van der Waals surface area contributed by atoms with Crippen molar-refractivity contribution in [2.24, 2.45) is 5.92 Å². The van der Waals surface area contributed by atoms with Crippen molar-refractivity contribution in [3.8, 4) is 5.75 Å². The summed E-state index contributed by atoms with van der Waals surface area (Å²) in [7, 11) is 1.25. The fraction of sp³-hybridized carbons (Fsp3) is 0.429. The molecule has 1 unspecified atom stereocenters. The van der Waals surface area contributed by atoms with Crippen LogP contribution in [0.3, 0.4) is 0 Å². The van der Waals surface area contributed by atoms with E-state index in [0.29, 0.717) is 5.69 Å². The molecule has 5 nitrogen and oxygen atoms in total. The number of hydrogen-bond donors (Lipinski definition) is 0. The molecule has 0 aliphatic carbocycles. The summed E-state index contributed by atoms with van der Waals surface area (Å²) in [6.45, 7) is -1.19. The lowest BCUT2D eigenvalue weighted by Gasteiger charge is -2.17. The van der Waals surface area contributed by atoms with E-state index < -0.39 is 24.7 Å². The van der Waals surface area contributed by atoms with Crippen LogP contribution in [0.4, 0.5) is 18.9 Å². The summed E-state index contributed by atoms with van der Waals surface area (Å²) in [5.41, 5.74) is 0.496. The second-order valence-corrected chi connectivity index (χ2v) is 4.83. The highest BCUT2D eigenvalue weighted by Gasteiger charge is 2.35. The molecule has 1 fully saturated rings. The van der Waals surface area contributed by atoms with E-state index in [9.17, 15) is 22.8 Å². The molecule has 0 N–H and O–H groups in total. The first-order chi connectivity index (χ1) is 10.3. The lowest BCUT2D eigenvalue weighted by atomic mass is 10.1. The first kappa shape index (κ1) is 16.1. The van der Waals surface area contributed by atoms with Gasteiger partial charge in [-0.2, -0.15) is 13.2 Å². The van der Waals surface area contributed by atoms with Gasteiger partial charge in [0.2, 0.25) is 5.91 Å². The first-order valence-corrected chi connectivity index (χ1v) is 6.48. The number of benzene rings is 1. The number of nitrogens with zero attached hydrogens (tertiary/aromatic N) is 1. The fourth-order valence-electron chi connectivity index (χ4n) is 2.17. The number of esters is 1. The monoisotopic (exact) mass is 317 g/mol. The molecular weight excluding hydrogens is 303 g/mol. The summed E-state index contributed by atoms with van der Waals surface area (Å²) in [4.78, 5) is 24.7. The maximum Gasteiger partial charge on any atom is 0.422 e. The molecule has 1 aliphatic rings. The van der Waals surface area contributed by atoms with Crippen molar-refractivity contribution in [2.45, 2.75) is 12.6 Å². The molecule has 0 radical (unpaired) electrons. The highest BCUT2D eigenvalue weighted by Crippen LogP contribution is 2.28. The van der Waals surface area contributed by atoms with Gasteiger partial charge in [0.05, 0.1) is 13.0 Å². The fourth-order valence-corrected chi connectivity index (χ4v) is 2.17. The highest BCUT2D eigenvalue weighted by molar-refractivity contribution is 5.99. The molecule has 1 amide bonds. The van der Waals surface area contributed by atoms with Crippen LogP contribution >= 0.6 is 0 Å². The number of methoxy groups -OCH3 is 1. The number of halogens is 3. The maximum atomic E-state index is 12.0. The van der Waals surface area contributed by atoms with Crippen LogP contribution in [-0.4, -0.2) is 38.3 Å². The van der Waals surface area contributed by atoms with Gasteiger partial charge in [-0.3, -0.25) is 9.59 Å². The van der Waals surface area contributed by atoms with Crippen LogP contribution in [0.25, 0.3) is 0 Å². The number of anilines is 1. The van der Waals surface area contributed by atoms with Gasteiger partial charge in [-0.25, -0.2) is 0 Å². The van der Waals surface area contributed by atoms with Gasteiger partial charge in [-0.1, -0.05) is 0 Å². The SMILES string of the molecule is COC(=O)C1CC(=O)N(c2ccc(OCC(F)(F)F)cc2)C1. The minimum atomic E-state index is -4.41. The van der Waals surface area contributed by atoms with E-state index >= 15 is 0 Å². The van der Waals surface area contributed by atoms with E-state index in [1.54, 1.807) is 0 Å². The minimum absolute atomic E-state index is 0.0530. The quantitative estimate of drug-likeness (QED) is 0.799. The number of rotatable bonds is 4. The normalized spacial score (nSPS) is 18.5. The molecule has 0 spiro atoms. The first-order valence-electron chi connectivity index (χ1n) is 6.48. The standard InChI is InChI=1S/C14H14F3NO4/c1-21-13(20)9-6-12(19)18(7-9)10-2-4-11(5-3-10)22-8-14(15,16)17/h2-5,9H,6-8H2,1H3. The Bertz CT molecular complexity index is 556. The van der Waals surface area contributed by atoms with Crippen LogP contribution in [0.15, 0.2) is 24.3 Å². The van der Waals surface area contributed by atoms with Gasteiger partial charge in [-0.05, 0) is 24.3 Å². The zero-order chi connectivity index (χ0) is 16.3. The van der Waals surface area contributed by atoms with Gasteiger partial charge in [0.25, 0.3) is 0 Å². The minimum Gasteiger partial charge on any atom is -0.484 e. The van der Waals surface area contributed by atoms with Crippen LogP contribution in [0, 0.1) is 5.92 Å². The summed E-state index contributed by atoms with van der Waals surface area (Å²) in [6, 6.07) is 5.65. The largest absolute Gasteiger partial charge is 0.484 e. The molecule has 1 aromatic carbocycles. The third-order valence-electron chi connectivity index (χ3n) is 3.21. The molecule has 0 aromatic heterocycles. The van der Waals surface area contributed by atoms with Gasteiger partial charge in [0, 0.05) is 18.7 Å². The smallest absolute Gasteiger partial charge is 0.422 e. The Morgan fingerprint density at radius 3 is 2.50 bits per heavy atom. The zero-order valence-electron chi connectivity index (χ0n) is 11.7. The van der Waals surface area contributed by atoms with Crippen molar-refractivity contribution >= 4 is 17.6 Å². The Labute approximate surface area is 124 Å². The Kier molecular flexibility index (Phi) is 4.58. The Morgan fingerprint density at radius 2 is 1.95 bits per heavy atom. The molecule has 1 aromatic rings. The number of ether oxygens (including phenoxy) is 2. The number of alkyl halides is 3. The molecular formula is C14H14F3NO4. The summed E-state index contributed by atoms with van der Waals surface area (Å²) in [5, 5.41) is 0. The van der Waals surface area contributed by atoms with Gasteiger partial charge < -0.3 is 14.4 Å². The highest BCUT2D eigenvalue weighted by atomic mass is 19.4. The third-order valence-corrected chi connectivity index (χ3v) is 3.21. The van der Waals surface area contributed by atoms with Crippen molar-refractivity contribution in [3.63, 3.8) is 0 Å². The molecule has 22 heavy (non-hydrogen) atoms. The van der Waals surface area contributed by atoms with Crippen molar-refractivity contribution in [1.82, 2.24) is 0 Å². The predicted molar refractivity (Wildman–Crippen MR) is 70.5 cm³/mol. The average Bonchev–Trinajstić information content (AvgIpc) is 2.86. The second kappa shape index (κ2) is 6.25. The van der Waals surface area contributed by atoms with Crippen LogP contribution in [0.1, 0.15) is 6.42 Å². The summed E-state index contributed by atoms with van der Waals surface area (Å²) >= 11 is 0. The van der Waals surface area contributed by atoms with Crippen molar-refractivity contribution in [2.75, 3.05) is 25.2 Å². The molecule has 0 bridgehead atoms. The average molecular weight is 317 g/mol. The van der Waals surface area contributed by atoms with E-state index in [4.69, 9.17) is 0 Å². The second-order valence-electron chi connectivity index (χ2n) is 4.83. The molecule has 1 heterocycles. The van der Waals surface area contributed by atoms with E-state index in [-0.39, 0.29) is 24.6 Å². The van der Waals surface area contributed by atoms with Gasteiger partial charge >= 0.3 is 12.1 Å². The number of carbonyl (C=O) groups is 2. The van der Waals surface area contributed by atoms with Crippen molar-refractivity contribution < 1.29 is 32.2 Å². The summed E-state index contributed by atoms with van der Waals surface area (Å²) < 4.78 is 45.3. The van der Waals surface area contributed by atoms with Crippen molar-refractivity contribution in [1.29, 1.82) is 0 Å². The summed E-state index contributed by atoms with van der Waals surface area (Å²) in [5.74, 6) is -1.17. The summed E-state index contributed by atoms with van der Waals surface area (Å²) in [6.07, 6.45) is -4.35. The Hall–Kier alpha value is -2.25. The number of amides is 1. The number of carbonyl (C=O) groups excluding carboxylic acids is 2. The number of hydrogen-bond acceptors (Lipinski definition) is 4. The van der Waals surface area contributed by atoms with E-state index in [1.165, 1.54) is 36.3 Å². The Morgan fingerprint density at radius 1 is 1.32 bits per heavy atom. The van der Waals surface area contributed by atoms with Crippen LogP contribution in [0.5, 0.6) is 5.75 Å². The van der Waals surface area contributed by atoms with E-state index in [1.807, 2.05) is 0 Å². The van der Waals surface area contributed by atoms with Crippen LogP contribution < -0.4 is 9.64 Å². The molecule has 1 saturated heterocycles. The molecule has 0 saturated carbocycles. The molecule has 2 rings (SSSR count). The molecule has 8 heteroatoms.